The molecule has 1 rings (SSSR count). The van der Waals surface area contributed by atoms with Crippen molar-refractivity contribution in [1.29, 1.82) is 0 Å². The third-order valence-electron chi connectivity index (χ3n) is 1.42. The molecule has 0 aliphatic carbocycles. The number of halogens is 5. The molecule has 0 unspecified atom stereocenters. The Hall–Kier alpha value is -1.13. The Morgan fingerprint density at radius 3 is 2.23 bits per heavy atom. The van der Waals surface area contributed by atoms with Gasteiger partial charge in [0.15, 0.2) is 11.6 Å². The molecule has 0 saturated carbocycles. The molecular formula is C8H5F5. The number of hydrogen-bond donors (Lipinski definition) is 0. The van der Waals surface area contributed by atoms with E-state index in [-0.39, 0.29) is 0 Å². The maximum absolute atomic E-state index is 12.7. The first-order valence-corrected chi connectivity index (χ1v) is 3.40. The van der Waals surface area contributed by atoms with Gasteiger partial charge in [-0.05, 0) is 11.6 Å². The molecule has 0 aliphatic rings. The standard InChI is InChI=1S/C8H5F5/c9-6-3-1-2-5(7(6)10)4-8(11,12)13/h1-3H,4H2. The van der Waals surface area contributed by atoms with Crippen molar-refractivity contribution < 1.29 is 22.0 Å². The van der Waals surface area contributed by atoms with E-state index in [0.29, 0.717) is 0 Å². The van der Waals surface area contributed by atoms with Gasteiger partial charge in [-0.1, -0.05) is 12.1 Å². The normalized spacial score (nSPS) is 11.8. The monoisotopic (exact) mass is 196 g/mol. The van der Waals surface area contributed by atoms with E-state index in [1.54, 1.807) is 0 Å². The lowest BCUT2D eigenvalue weighted by Crippen LogP contribution is -2.13. The third kappa shape index (κ3) is 2.68. The van der Waals surface area contributed by atoms with E-state index in [4.69, 9.17) is 0 Å². The molecule has 72 valence electrons. The van der Waals surface area contributed by atoms with Crippen LogP contribution in [0.25, 0.3) is 0 Å². The van der Waals surface area contributed by atoms with Crippen molar-refractivity contribution in [2.75, 3.05) is 0 Å². The smallest absolute Gasteiger partial charge is 0.204 e. The Morgan fingerprint density at radius 1 is 1.08 bits per heavy atom. The molecule has 0 spiro atoms. The van der Waals surface area contributed by atoms with Gasteiger partial charge in [-0.3, -0.25) is 0 Å². The molecule has 0 radical (unpaired) electrons. The molecule has 0 nitrogen and oxygen atoms in total. The van der Waals surface area contributed by atoms with Gasteiger partial charge < -0.3 is 0 Å². The van der Waals surface area contributed by atoms with E-state index in [1.165, 1.54) is 0 Å². The molecule has 0 fully saturated rings. The summed E-state index contributed by atoms with van der Waals surface area (Å²) < 4.78 is 60.4. The van der Waals surface area contributed by atoms with Gasteiger partial charge in [0.25, 0.3) is 0 Å². The zero-order valence-corrected chi connectivity index (χ0v) is 6.33. The van der Waals surface area contributed by atoms with E-state index in [9.17, 15) is 22.0 Å². The van der Waals surface area contributed by atoms with Gasteiger partial charge in [0.05, 0.1) is 6.42 Å². The summed E-state index contributed by atoms with van der Waals surface area (Å²) in [5, 5.41) is 0. The van der Waals surface area contributed by atoms with Gasteiger partial charge in [-0.2, -0.15) is 13.2 Å². The Labute approximate surface area is 71.0 Å². The topological polar surface area (TPSA) is 0 Å². The van der Waals surface area contributed by atoms with Crippen LogP contribution in [0.5, 0.6) is 0 Å². The van der Waals surface area contributed by atoms with Crippen molar-refractivity contribution in [2.45, 2.75) is 12.6 Å². The van der Waals surface area contributed by atoms with Gasteiger partial charge >= 0.3 is 6.18 Å². The Kier molecular flexibility index (Phi) is 2.54. The van der Waals surface area contributed by atoms with Crippen LogP contribution < -0.4 is 0 Å². The maximum Gasteiger partial charge on any atom is 0.393 e. The molecule has 0 aromatic heterocycles. The Morgan fingerprint density at radius 2 is 1.69 bits per heavy atom. The lowest BCUT2D eigenvalue weighted by atomic mass is 10.1. The second-order valence-electron chi connectivity index (χ2n) is 2.50. The largest absolute Gasteiger partial charge is 0.393 e. The van der Waals surface area contributed by atoms with E-state index < -0.39 is 29.8 Å². The molecule has 13 heavy (non-hydrogen) atoms. The van der Waals surface area contributed by atoms with Crippen LogP contribution in [0.1, 0.15) is 5.56 Å². The summed E-state index contributed by atoms with van der Waals surface area (Å²) >= 11 is 0. The lowest BCUT2D eigenvalue weighted by Gasteiger charge is -2.06. The zero-order valence-electron chi connectivity index (χ0n) is 6.33. The molecular weight excluding hydrogens is 191 g/mol. The number of hydrogen-bond acceptors (Lipinski definition) is 0. The van der Waals surface area contributed by atoms with Crippen molar-refractivity contribution in [3.05, 3.63) is 35.4 Å². The fourth-order valence-corrected chi connectivity index (χ4v) is 0.901. The van der Waals surface area contributed by atoms with Crippen LogP contribution in [0.3, 0.4) is 0 Å². The van der Waals surface area contributed by atoms with E-state index in [1.807, 2.05) is 0 Å². The third-order valence-corrected chi connectivity index (χ3v) is 1.42. The van der Waals surface area contributed by atoms with Crippen molar-refractivity contribution in [3.8, 4) is 0 Å². The molecule has 0 amide bonds. The highest BCUT2D eigenvalue weighted by Crippen LogP contribution is 2.23. The summed E-state index contributed by atoms with van der Waals surface area (Å²) in [7, 11) is 0. The highest BCUT2D eigenvalue weighted by Gasteiger charge is 2.29. The molecule has 0 aliphatic heterocycles. The quantitative estimate of drug-likeness (QED) is 0.605. The summed E-state index contributed by atoms with van der Waals surface area (Å²) in [5.74, 6) is -2.69. The minimum atomic E-state index is -4.52. The number of alkyl halides is 3. The van der Waals surface area contributed by atoms with Crippen LogP contribution in [-0.4, -0.2) is 6.18 Å². The van der Waals surface area contributed by atoms with Crippen molar-refractivity contribution in [2.24, 2.45) is 0 Å². The molecule has 0 N–H and O–H groups in total. The zero-order chi connectivity index (χ0) is 10.1. The van der Waals surface area contributed by atoms with Gasteiger partial charge in [-0.25, -0.2) is 8.78 Å². The predicted octanol–water partition coefficient (Wildman–Crippen LogP) is 3.07. The van der Waals surface area contributed by atoms with E-state index in [2.05, 4.69) is 0 Å². The second kappa shape index (κ2) is 3.32. The molecule has 1 aromatic rings. The fraction of sp³-hybridized carbons (Fsp3) is 0.250. The van der Waals surface area contributed by atoms with Gasteiger partial charge in [0.1, 0.15) is 0 Å². The first-order valence-electron chi connectivity index (χ1n) is 3.40. The summed E-state index contributed by atoms with van der Waals surface area (Å²) in [6.07, 6.45) is -5.97. The minimum Gasteiger partial charge on any atom is -0.204 e. The van der Waals surface area contributed by atoms with E-state index in [0.717, 1.165) is 18.2 Å². The van der Waals surface area contributed by atoms with Gasteiger partial charge in [-0.15, -0.1) is 0 Å². The second-order valence-corrected chi connectivity index (χ2v) is 2.50. The van der Waals surface area contributed by atoms with Crippen LogP contribution in [0, 0.1) is 11.6 Å². The van der Waals surface area contributed by atoms with Crippen molar-refractivity contribution in [1.82, 2.24) is 0 Å². The highest BCUT2D eigenvalue weighted by atomic mass is 19.4. The first kappa shape index (κ1) is 9.95. The molecule has 0 saturated heterocycles. The minimum absolute atomic E-state index is 0.674. The Balaban J connectivity index is 2.96. The highest BCUT2D eigenvalue weighted by molar-refractivity contribution is 5.19. The molecule has 5 heteroatoms. The average molecular weight is 196 g/mol. The average Bonchev–Trinajstić information content (AvgIpc) is 1.96. The summed E-state index contributed by atoms with van der Waals surface area (Å²) in [4.78, 5) is 0. The van der Waals surface area contributed by atoms with Crippen molar-refractivity contribution in [3.63, 3.8) is 0 Å². The van der Waals surface area contributed by atoms with Crippen LogP contribution >= 0.6 is 0 Å². The maximum atomic E-state index is 12.7. The fourth-order valence-electron chi connectivity index (χ4n) is 0.901. The van der Waals surface area contributed by atoms with E-state index >= 15 is 0 Å². The van der Waals surface area contributed by atoms with Crippen LogP contribution in [0.15, 0.2) is 18.2 Å². The molecule has 1 aromatic carbocycles. The van der Waals surface area contributed by atoms with Crippen LogP contribution in [0.2, 0.25) is 0 Å². The van der Waals surface area contributed by atoms with Gasteiger partial charge in [0.2, 0.25) is 0 Å². The lowest BCUT2D eigenvalue weighted by molar-refractivity contribution is -0.127. The molecule has 0 atom stereocenters. The number of rotatable bonds is 1. The number of benzene rings is 1. The molecule has 0 bridgehead atoms. The summed E-state index contributed by atoms with van der Waals surface area (Å²) in [6.45, 7) is 0. The summed E-state index contributed by atoms with van der Waals surface area (Å²) in [5.41, 5.74) is -0.674. The Bertz CT molecular complexity index is 302. The molecule has 0 heterocycles. The first-order chi connectivity index (χ1) is 5.90. The predicted molar refractivity (Wildman–Crippen MR) is 36.1 cm³/mol. The summed E-state index contributed by atoms with van der Waals surface area (Å²) in [6, 6.07) is 2.72. The van der Waals surface area contributed by atoms with Crippen LogP contribution in [0.4, 0.5) is 22.0 Å². The van der Waals surface area contributed by atoms with Crippen molar-refractivity contribution >= 4 is 0 Å². The van der Waals surface area contributed by atoms with Gasteiger partial charge in [0, 0.05) is 0 Å². The SMILES string of the molecule is Fc1cccc(CC(F)(F)F)c1F. The van der Waals surface area contributed by atoms with Crippen LogP contribution in [-0.2, 0) is 6.42 Å².